The van der Waals surface area contributed by atoms with Gasteiger partial charge in [0.15, 0.2) is 0 Å². The molecule has 0 heterocycles. The van der Waals surface area contributed by atoms with Crippen LogP contribution in [0.1, 0.15) is 60.3 Å². The summed E-state index contributed by atoms with van der Waals surface area (Å²) in [6.07, 6.45) is 1.56. The summed E-state index contributed by atoms with van der Waals surface area (Å²) in [6.45, 7) is 8.86. The number of carbonyl (C=O) groups is 3. The van der Waals surface area contributed by atoms with Gasteiger partial charge < -0.3 is 19.9 Å². The SMILES string of the molecule is CCC[C@@H](CC)CC(CNC(=O)O[C@H](C)OC(=O)C(C)C)C(=O)O. The fourth-order valence-corrected chi connectivity index (χ4v) is 2.29. The van der Waals surface area contributed by atoms with E-state index < -0.39 is 30.2 Å². The molecule has 0 radical (unpaired) electrons. The first kappa shape index (κ1) is 22.2. The molecule has 0 aromatic carbocycles. The predicted molar refractivity (Wildman–Crippen MR) is 89.3 cm³/mol. The summed E-state index contributed by atoms with van der Waals surface area (Å²) < 4.78 is 9.81. The Morgan fingerprint density at radius 2 is 1.71 bits per heavy atom. The molecule has 0 rings (SSSR count). The van der Waals surface area contributed by atoms with Crippen LogP contribution in [-0.2, 0) is 19.1 Å². The number of carboxylic acid groups (broad SMARTS) is 1. The summed E-state index contributed by atoms with van der Waals surface area (Å²) in [7, 11) is 0. The summed E-state index contributed by atoms with van der Waals surface area (Å²) >= 11 is 0. The van der Waals surface area contributed by atoms with Gasteiger partial charge in [-0.25, -0.2) is 4.79 Å². The molecule has 0 saturated carbocycles. The number of alkyl carbamates (subject to hydrolysis) is 1. The van der Waals surface area contributed by atoms with Crippen LogP contribution in [0, 0.1) is 17.8 Å². The summed E-state index contributed by atoms with van der Waals surface area (Å²) in [5, 5.41) is 11.7. The average molecular weight is 345 g/mol. The van der Waals surface area contributed by atoms with Crippen molar-refractivity contribution in [1.82, 2.24) is 5.32 Å². The van der Waals surface area contributed by atoms with Crippen LogP contribution < -0.4 is 5.32 Å². The Hall–Kier alpha value is -1.79. The fourth-order valence-electron chi connectivity index (χ4n) is 2.29. The van der Waals surface area contributed by atoms with Crippen LogP contribution in [0.3, 0.4) is 0 Å². The maximum Gasteiger partial charge on any atom is 0.410 e. The molecule has 7 heteroatoms. The third kappa shape index (κ3) is 9.37. The first-order valence-corrected chi connectivity index (χ1v) is 8.58. The van der Waals surface area contributed by atoms with E-state index in [1.807, 2.05) is 6.92 Å². The Kier molecular flexibility index (Phi) is 10.8. The molecule has 0 bridgehead atoms. The number of hydrogen-bond acceptors (Lipinski definition) is 5. The minimum absolute atomic E-state index is 0.0147. The highest BCUT2D eigenvalue weighted by Gasteiger charge is 2.23. The number of ether oxygens (including phenoxy) is 2. The summed E-state index contributed by atoms with van der Waals surface area (Å²) in [4.78, 5) is 34.4. The lowest BCUT2D eigenvalue weighted by Crippen LogP contribution is -2.36. The standard InChI is InChI=1S/C17H31NO6/c1-6-8-13(7-2)9-14(15(19)20)10-18-17(22)24-12(5)23-16(21)11(3)4/h11-14H,6-10H2,1-5H3,(H,18,22)(H,19,20)/t12-,13-,14?/m1/s1. The molecule has 2 N–H and O–H groups in total. The van der Waals surface area contributed by atoms with Crippen LogP contribution in [0.25, 0.3) is 0 Å². The second-order valence-electron chi connectivity index (χ2n) is 6.28. The van der Waals surface area contributed by atoms with Gasteiger partial charge in [-0.3, -0.25) is 9.59 Å². The van der Waals surface area contributed by atoms with E-state index in [0.29, 0.717) is 12.3 Å². The smallest absolute Gasteiger partial charge is 0.410 e. The largest absolute Gasteiger partial charge is 0.481 e. The Morgan fingerprint density at radius 3 is 2.17 bits per heavy atom. The highest BCUT2D eigenvalue weighted by atomic mass is 16.7. The molecular formula is C17H31NO6. The number of esters is 1. The van der Waals surface area contributed by atoms with Gasteiger partial charge in [0.1, 0.15) is 0 Å². The molecular weight excluding hydrogens is 314 g/mol. The van der Waals surface area contributed by atoms with Crippen molar-refractivity contribution >= 4 is 18.0 Å². The zero-order chi connectivity index (χ0) is 18.7. The van der Waals surface area contributed by atoms with Crippen molar-refractivity contribution in [3.63, 3.8) is 0 Å². The molecule has 1 amide bonds. The maximum absolute atomic E-state index is 11.7. The number of rotatable bonds is 11. The number of amides is 1. The van der Waals surface area contributed by atoms with Gasteiger partial charge in [0.05, 0.1) is 11.8 Å². The van der Waals surface area contributed by atoms with Crippen molar-refractivity contribution in [1.29, 1.82) is 0 Å². The fraction of sp³-hybridized carbons (Fsp3) is 0.824. The third-order valence-corrected chi connectivity index (χ3v) is 3.76. The van der Waals surface area contributed by atoms with Crippen molar-refractivity contribution < 1.29 is 29.0 Å². The number of aliphatic carboxylic acids is 1. The van der Waals surface area contributed by atoms with Crippen molar-refractivity contribution in [3.8, 4) is 0 Å². The van der Waals surface area contributed by atoms with Gasteiger partial charge in [-0.1, -0.05) is 47.0 Å². The van der Waals surface area contributed by atoms with Crippen LogP contribution in [0.2, 0.25) is 0 Å². The molecule has 0 spiro atoms. The van der Waals surface area contributed by atoms with E-state index in [-0.39, 0.29) is 12.5 Å². The van der Waals surface area contributed by atoms with Gasteiger partial charge in [-0.2, -0.15) is 0 Å². The van der Waals surface area contributed by atoms with E-state index >= 15 is 0 Å². The molecule has 24 heavy (non-hydrogen) atoms. The van der Waals surface area contributed by atoms with E-state index in [1.54, 1.807) is 13.8 Å². The zero-order valence-corrected chi connectivity index (χ0v) is 15.3. The Labute approximate surface area is 144 Å². The molecule has 0 saturated heterocycles. The zero-order valence-electron chi connectivity index (χ0n) is 15.3. The van der Waals surface area contributed by atoms with Crippen LogP contribution in [-0.4, -0.2) is 36.0 Å². The molecule has 140 valence electrons. The van der Waals surface area contributed by atoms with Gasteiger partial charge >= 0.3 is 18.0 Å². The Bertz CT molecular complexity index is 410. The molecule has 3 atom stereocenters. The van der Waals surface area contributed by atoms with Gasteiger partial charge in [0.2, 0.25) is 6.29 Å². The highest BCUT2D eigenvalue weighted by Crippen LogP contribution is 2.20. The lowest BCUT2D eigenvalue weighted by molar-refractivity contribution is -0.168. The van der Waals surface area contributed by atoms with Gasteiger partial charge in [-0.05, 0) is 12.3 Å². The number of carbonyl (C=O) groups excluding carboxylic acids is 2. The van der Waals surface area contributed by atoms with E-state index in [2.05, 4.69) is 12.2 Å². The number of carboxylic acids is 1. The topological polar surface area (TPSA) is 102 Å². The van der Waals surface area contributed by atoms with Crippen LogP contribution in [0.15, 0.2) is 0 Å². The molecule has 0 aromatic heterocycles. The third-order valence-electron chi connectivity index (χ3n) is 3.76. The Balaban J connectivity index is 4.36. The lowest BCUT2D eigenvalue weighted by Gasteiger charge is -2.20. The first-order chi connectivity index (χ1) is 11.2. The summed E-state index contributed by atoms with van der Waals surface area (Å²) in [5.41, 5.74) is 0. The van der Waals surface area contributed by atoms with E-state index in [9.17, 15) is 19.5 Å². The van der Waals surface area contributed by atoms with Crippen molar-refractivity contribution in [2.75, 3.05) is 6.54 Å². The van der Waals surface area contributed by atoms with E-state index in [0.717, 1.165) is 19.3 Å². The van der Waals surface area contributed by atoms with Crippen molar-refractivity contribution in [2.24, 2.45) is 17.8 Å². The highest BCUT2D eigenvalue weighted by molar-refractivity contribution is 5.73. The van der Waals surface area contributed by atoms with Gasteiger partial charge in [0.25, 0.3) is 0 Å². The molecule has 7 nitrogen and oxygen atoms in total. The molecule has 0 aromatic rings. The maximum atomic E-state index is 11.7. The second-order valence-corrected chi connectivity index (χ2v) is 6.28. The molecule has 1 unspecified atom stereocenters. The normalized spacial score (nSPS) is 14.6. The summed E-state index contributed by atoms with van der Waals surface area (Å²) in [5.74, 6) is -2.07. The molecule has 0 fully saturated rings. The second kappa shape index (κ2) is 11.7. The van der Waals surface area contributed by atoms with Crippen LogP contribution in [0.5, 0.6) is 0 Å². The van der Waals surface area contributed by atoms with E-state index in [1.165, 1.54) is 6.92 Å². The van der Waals surface area contributed by atoms with Crippen molar-refractivity contribution in [2.45, 2.75) is 66.6 Å². The van der Waals surface area contributed by atoms with Gasteiger partial charge in [0, 0.05) is 13.5 Å². The minimum Gasteiger partial charge on any atom is -0.481 e. The van der Waals surface area contributed by atoms with Gasteiger partial charge in [-0.15, -0.1) is 0 Å². The monoisotopic (exact) mass is 345 g/mol. The van der Waals surface area contributed by atoms with E-state index in [4.69, 9.17) is 9.47 Å². The average Bonchev–Trinajstić information content (AvgIpc) is 2.49. The molecule has 0 aliphatic carbocycles. The number of hydrogen-bond donors (Lipinski definition) is 2. The lowest BCUT2D eigenvalue weighted by atomic mass is 9.89. The van der Waals surface area contributed by atoms with Crippen molar-refractivity contribution in [3.05, 3.63) is 0 Å². The Morgan fingerprint density at radius 1 is 1.08 bits per heavy atom. The molecule has 0 aliphatic heterocycles. The quantitative estimate of drug-likeness (QED) is 0.440. The van der Waals surface area contributed by atoms with Crippen LogP contribution >= 0.6 is 0 Å². The first-order valence-electron chi connectivity index (χ1n) is 8.58. The minimum atomic E-state index is -1.02. The number of nitrogens with one attached hydrogen (secondary N) is 1. The summed E-state index contributed by atoms with van der Waals surface area (Å²) in [6, 6.07) is 0. The predicted octanol–water partition coefficient (Wildman–Crippen LogP) is 3.18. The van der Waals surface area contributed by atoms with Crippen LogP contribution in [0.4, 0.5) is 4.79 Å². The molecule has 0 aliphatic rings.